The first-order valence-electron chi connectivity index (χ1n) is 4.49. The third-order valence-corrected chi connectivity index (χ3v) is 2.41. The molecule has 0 fully saturated rings. The van der Waals surface area contributed by atoms with E-state index in [-0.39, 0.29) is 22.8 Å². The zero-order chi connectivity index (χ0) is 11.5. The Hall–Kier alpha value is -1.39. The molecule has 82 valence electrons. The minimum atomic E-state index is -0.367. The minimum absolute atomic E-state index is 0.148. The number of para-hydroxylation sites is 2. The van der Waals surface area contributed by atoms with Gasteiger partial charge in [-0.3, -0.25) is 4.79 Å². The molecule has 0 spiro atoms. The monoisotopic (exact) mass is 255 g/mol. The van der Waals surface area contributed by atoms with Gasteiger partial charge >= 0.3 is 0 Å². The number of anilines is 1. The van der Waals surface area contributed by atoms with Crippen LogP contribution in [0, 0.1) is 0 Å². The fraction of sp³-hybridized carbons (Fsp3) is 0.100. The summed E-state index contributed by atoms with van der Waals surface area (Å²) in [5.74, 6) is -0.288. The van der Waals surface area contributed by atoms with E-state index in [1.165, 1.54) is 0 Å². The number of benzene rings is 1. The number of carbonyl (C=O) groups is 1. The summed E-state index contributed by atoms with van der Waals surface area (Å²) < 4.78 is 0. The Kier molecular flexibility index (Phi) is 3.22. The van der Waals surface area contributed by atoms with E-state index < -0.39 is 0 Å². The van der Waals surface area contributed by atoms with Crippen LogP contribution in [0.2, 0.25) is 5.15 Å². The van der Waals surface area contributed by atoms with Crippen molar-refractivity contribution in [2.24, 2.45) is 0 Å². The van der Waals surface area contributed by atoms with Gasteiger partial charge in [-0.1, -0.05) is 23.7 Å². The molecule has 2 aromatic rings. The second-order valence-corrected chi connectivity index (χ2v) is 3.66. The van der Waals surface area contributed by atoms with Gasteiger partial charge in [-0.15, -0.1) is 11.6 Å². The lowest BCUT2D eigenvalue weighted by Gasteiger charge is -2.05. The van der Waals surface area contributed by atoms with Crippen molar-refractivity contribution in [3.63, 3.8) is 0 Å². The van der Waals surface area contributed by atoms with Crippen LogP contribution in [0.15, 0.2) is 24.3 Å². The highest BCUT2D eigenvalue weighted by atomic mass is 35.5. The minimum Gasteiger partial charge on any atom is -0.307 e. The summed E-state index contributed by atoms with van der Waals surface area (Å²) in [6.45, 7) is 0. The number of hydrogen-bond acceptors (Lipinski definition) is 3. The summed E-state index contributed by atoms with van der Waals surface area (Å²) in [6, 6.07) is 7.25. The van der Waals surface area contributed by atoms with Crippen molar-refractivity contribution in [1.29, 1.82) is 0 Å². The number of carbonyl (C=O) groups excluding carboxylic acids is 1. The van der Waals surface area contributed by atoms with Crippen molar-refractivity contribution in [1.82, 2.24) is 9.97 Å². The molecule has 1 N–H and O–H groups in total. The number of halogens is 2. The molecule has 16 heavy (non-hydrogen) atoms. The third-order valence-electron chi connectivity index (χ3n) is 1.91. The fourth-order valence-electron chi connectivity index (χ4n) is 1.22. The second kappa shape index (κ2) is 4.63. The number of aromatic nitrogens is 2. The average molecular weight is 256 g/mol. The Labute approximate surface area is 102 Å². The van der Waals surface area contributed by atoms with Crippen LogP contribution in [-0.4, -0.2) is 21.8 Å². The summed E-state index contributed by atoms with van der Waals surface area (Å²) in [4.78, 5) is 19.4. The van der Waals surface area contributed by atoms with Gasteiger partial charge in [-0.25, -0.2) is 9.97 Å². The number of alkyl halides is 1. The second-order valence-electron chi connectivity index (χ2n) is 3.03. The van der Waals surface area contributed by atoms with Gasteiger partial charge in [0.25, 0.3) is 0 Å². The molecular formula is C10H7Cl2N3O. The van der Waals surface area contributed by atoms with E-state index in [9.17, 15) is 4.79 Å². The molecule has 0 aliphatic heterocycles. The summed E-state index contributed by atoms with van der Waals surface area (Å²) in [5, 5.41) is 2.63. The lowest BCUT2D eigenvalue weighted by Crippen LogP contribution is -2.14. The Morgan fingerprint density at radius 2 is 1.88 bits per heavy atom. The zero-order valence-corrected chi connectivity index (χ0v) is 9.59. The Morgan fingerprint density at radius 1 is 1.25 bits per heavy atom. The number of amides is 1. The summed E-state index contributed by atoms with van der Waals surface area (Å²) in [7, 11) is 0. The maximum atomic E-state index is 11.1. The normalized spacial score (nSPS) is 10.4. The molecule has 0 aliphatic carbocycles. The van der Waals surface area contributed by atoms with Gasteiger partial charge in [0, 0.05) is 0 Å². The molecule has 2 rings (SSSR count). The van der Waals surface area contributed by atoms with Crippen LogP contribution >= 0.6 is 23.2 Å². The largest absolute Gasteiger partial charge is 0.307 e. The summed E-state index contributed by atoms with van der Waals surface area (Å²) in [5.41, 5.74) is 1.34. The van der Waals surface area contributed by atoms with Crippen LogP contribution in [0.25, 0.3) is 11.0 Å². The number of nitrogens with zero attached hydrogens (tertiary/aromatic N) is 2. The Morgan fingerprint density at radius 3 is 2.50 bits per heavy atom. The lowest BCUT2D eigenvalue weighted by molar-refractivity contribution is -0.113. The Balaban J connectivity index is 2.46. The molecule has 1 aromatic carbocycles. The predicted molar refractivity (Wildman–Crippen MR) is 63.9 cm³/mol. The van der Waals surface area contributed by atoms with Crippen LogP contribution < -0.4 is 5.32 Å². The SMILES string of the molecule is O=C(CCl)Nc1nc2ccccc2nc1Cl. The highest BCUT2D eigenvalue weighted by molar-refractivity contribution is 6.33. The van der Waals surface area contributed by atoms with Gasteiger partial charge in [0.15, 0.2) is 11.0 Å². The highest BCUT2D eigenvalue weighted by Gasteiger charge is 2.08. The molecule has 4 nitrogen and oxygen atoms in total. The molecule has 1 amide bonds. The molecule has 0 radical (unpaired) electrons. The van der Waals surface area contributed by atoms with Crippen molar-refractivity contribution < 1.29 is 4.79 Å². The van der Waals surface area contributed by atoms with Crippen molar-refractivity contribution in [3.8, 4) is 0 Å². The molecule has 6 heteroatoms. The van der Waals surface area contributed by atoms with E-state index in [0.29, 0.717) is 11.0 Å². The van der Waals surface area contributed by atoms with E-state index in [1.54, 1.807) is 12.1 Å². The van der Waals surface area contributed by atoms with E-state index in [4.69, 9.17) is 23.2 Å². The van der Waals surface area contributed by atoms with Gasteiger partial charge in [0.1, 0.15) is 5.88 Å². The molecule has 0 aliphatic rings. The van der Waals surface area contributed by atoms with Crippen LogP contribution in [0.4, 0.5) is 5.82 Å². The number of hydrogen-bond donors (Lipinski definition) is 1. The summed E-state index contributed by atoms with van der Waals surface area (Å²) in [6.07, 6.45) is 0. The van der Waals surface area contributed by atoms with Gasteiger partial charge in [0.2, 0.25) is 5.91 Å². The predicted octanol–water partition coefficient (Wildman–Crippen LogP) is 2.46. The first-order chi connectivity index (χ1) is 7.70. The van der Waals surface area contributed by atoms with Crippen LogP contribution in [0.3, 0.4) is 0 Å². The van der Waals surface area contributed by atoms with E-state index in [2.05, 4.69) is 15.3 Å². The maximum Gasteiger partial charge on any atom is 0.240 e. The standard InChI is InChI=1S/C10H7Cl2N3O/c11-5-8(16)15-10-9(12)13-6-3-1-2-4-7(6)14-10/h1-4H,5H2,(H,14,15,16). The third kappa shape index (κ3) is 2.23. The van der Waals surface area contributed by atoms with Crippen molar-refractivity contribution in [2.75, 3.05) is 11.2 Å². The summed E-state index contributed by atoms with van der Waals surface area (Å²) >= 11 is 11.2. The number of fused-ring (bicyclic) bond motifs is 1. The quantitative estimate of drug-likeness (QED) is 0.839. The maximum absolute atomic E-state index is 11.1. The fourth-order valence-corrected chi connectivity index (χ4v) is 1.47. The molecular weight excluding hydrogens is 249 g/mol. The lowest BCUT2D eigenvalue weighted by atomic mass is 10.3. The topological polar surface area (TPSA) is 54.9 Å². The average Bonchev–Trinajstić information content (AvgIpc) is 2.30. The van der Waals surface area contributed by atoms with Gasteiger partial charge < -0.3 is 5.32 Å². The van der Waals surface area contributed by atoms with E-state index in [0.717, 1.165) is 0 Å². The highest BCUT2D eigenvalue weighted by Crippen LogP contribution is 2.20. The zero-order valence-electron chi connectivity index (χ0n) is 8.08. The van der Waals surface area contributed by atoms with Gasteiger partial charge in [0.05, 0.1) is 11.0 Å². The van der Waals surface area contributed by atoms with Crippen molar-refractivity contribution >= 4 is 46.0 Å². The van der Waals surface area contributed by atoms with Crippen LogP contribution in [-0.2, 0) is 4.79 Å². The molecule has 0 saturated carbocycles. The van der Waals surface area contributed by atoms with Crippen LogP contribution in [0.5, 0.6) is 0 Å². The molecule has 0 unspecified atom stereocenters. The molecule has 1 aromatic heterocycles. The molecule has 0 saturated heterocycles. The molecule has 0 atom stereocenters. The number of rotatable bonds is 2. The number of nitrogens with one attached hydrogen (secondary N) is 1. The van der Waals surface area contributed by atoms with Crippen LogP contribution in [0.1, 0.15) is 0 Å². The first-order valence-corrected chi connectivity index (χ1v) is 5.40. The van der Waals surface area contributed by atoms with E-state index >= 15 is 0 Å². The smallest absolute Gasteiger partial charge is 0.240 e. The first kappa shape index (κ1) is 11.1. The molecule has 0 bridgehead atoms. The van der Waals surface area contributed by atoms with Crippen molar-refractivity contribution in [2.45, 2.75) is 0 Å². The molecule has 1 heterocycles. The van der Waals surface area contributed by atoms with E-state index in [1.807, 2.05) is 12.1 Å². The Bertz CT molecular complexity index is 545. The van der Waals surface area contributed by atoms with Gasteiger partial charge in [-0.2, -0.15) is 0 Å². The van der Waals surface area contributed by atoms with Crippen molar-refractivity contribution in [3.05, 3.63) is 29.4 Å². The van der Waals surface area contributed by atoms with Gasteiger partial charge in [-0.05, 0) is 12.1 Å².